The Bertz CT molecular complexity index is 890. The van der Waals surface area contributed by atoms with Gasteiger partial charge < -0.3 is 9.32 Å². The maximum absolute atomic E-state index is 12.7. The van der Waals surface area contributed by atoms with Crippen molar-refractivity contribution in [3.63, 3.8) is 0 Å². The van der Waals surface area contributed by atoms with Gasteiger partial charge in [0, 0.05) is 13.0 Å². The number of nitrogens with zero attached hydrogens (tertiary/aromatic N) is 4. The maximum atomic E-state index is 12.7. The van der Waals surface area contributed by atoms with Crippen LogP contribution in [0.4, 0.5) is 0 Å². The molecule has 134 valence electrons. The summed E-state index contributed by atoms with van der Waals surface area (Å²) in [4.78, 5) is 19.7. The van der Waals surface area contributed by atoms with Gasteiger partial charge in [-0.05, 0) is 31.7 Å². The Kier molecular flexibility index (Phi) is 4.79. The highest BCUT2D eigenvalue weighted by atomic mass is 32.1. The average Bonchev–Trinajstić information content (AvgIpc) is 3.40. The van der Waals surface area contributed by atoms with Gasteiger partial charge in [0.05, 0.1) is 11.2 Å². The van der Waals surface area contributed by atoms with Crippen LogP contribution < -0.4 is 0 Å². The minimum absolute atomic E-state index is 0.118. The molecule has 1 atom stereocenters. The van der Waals surface area contributed by atoms with Gasteiger partial charge in [-0.25, -0.2) is 4.98 Å². The van der Waals surface area contributed by atoms with Crippen LogP contribution in [0.25, 0.3) is 10.8 Å². The molecule has 3 aromatic rings. The Morgan fingerprint density at radius 3 is 2.92 bits per heavy atom. The molecule has 2 aromatic heterocycles. The summed E-state index contributed by atoms with van der Waals surface area (Å²) in [5.74, 6) is 1.16. The molecule has 1 aliphatic heterocycles. The molecule has 0 aliphatic carbocycles. The molecule has 7 heteroatoms. The zero-order valence-corrected chi connectivity index (χ0v) is 15.4. The first-order valence-electron chi connectivity index (χ1n) is 8.79. The number of likely N-dealkylation sites (tertiary alicyclic amines) is 1. The van der Waals surface area contributed by atoms with Crippen LogP contribution in [0.5, 0.6) is 0 Å². The number of carbonyl (C=O) groups is 1. The van der Waals surface area contributed by atoms with Crippen LogP contribution in [-0.4, -0.2) is 32.5 Å². The summed E-state index contributed by atoms with van der Waals surface area (Å²) in [7, 11) is 0. The van der Waals surface area contributed by atoms with E-state index in [1.807, 2.05) is 30.0 Å². The summed E-state index contributed by atoms with van der Waals surface area (Å²) in [6.07, 6.45) is 3.06. The average molecular weight is 368 g/mol. The summed E-state index contributed by atoms with van der Waals surface area (Å²) >= 11 is 1.48. The monoisotopic (exact) mass is 368 g/mol. The lowest BCUT2D eigenvalue weighted by molar-refractivity contribution is -0.132. The fourth-order valence-corrected chi connectivity index (χ4v) is 4.05. The van der Waals surface area contributed by atoms with Crippen LogP contribution >= 0.6 is 11.3 Å². The highest BCUT2D eigenvalue weighted by molar-refractivity contribution is 7.13. The second-order valence-corrected chi connectivity index (χ2v) is 7.30. The van der Waals surface area contributed by atoms with E-state index >= 15 is 0 Å². The molecule has 1 aliphatic rings. The Morgan fingerprint density at radius 1 is 1.31 bits per heavy atom. The van der Waals surface area contributed by atoms with Gasteiger partial charge in [0.1, 0.15) is 10.9 Å². The van der Waals surface area contributed by atoms with Crippen molar-refractivity contribution in [2.75, 3.05) is 6.54 Å². The SMILES string of the molecule is Cc1ncsc1-c1nnc([C@@H]2CCCN2C(=O)CCc2ccccc2)o1. The smallest absolute Gasteiger partial charge is 0.259 e. The molecule has 0 N–H and O–H groups in total. The third kappa shape index (κ3) is 3.39. The number of aromatic nitrogens is 3. The van der Waals surface area contributed by atoms with Gasteiger partial charge in [-0.15, -0.1) is 21.5 Å². The molecule has 6 nitrogen and oxygen atoms in total. The molecule has 0 spiro atoms. The lowest BCUT2D eigenvalue weighted by Crippen LogP contribution is -2.30. The molecule has 0 unspecified atom stereocenters. The molecule has 0 bridgehead atoms. The third-order valence-corrected chi connectivity index (χ3v) is 5.63. The topological polar surface area (TPSA) is 72.1 Å². The van der Waals surface area contributed by atoms with E-state index in [0.717, 1.165) is 36.4 Å². The summed E-state index contributed by atoms with van der Waals surface area (Å²) in [5.41, 5.74) is 3.83. The summed E-state index contributed by atoms with van der Waals surface area (Å²) in [6, 6.07) is 9.97. The van der Waals surface area contributed by atoms with E-state index in [1.54, 1.807) is 5.51 Å². The number of carbonyl (C=O) groups excluding carboxylic acids is 1. The molecule has 26 heavy (non-hydrogen) atoms. The van der Waals surface area contributed by atoms with Gasteiger partial charge in [0.15, 0.2) is 0 Å². The fourth-order valence-electron chi connectivity index (χ4n) is 3.33. The molecule has 1 aromatic carbocycles. The van der Waals surface area contributed by atoms with Crippen molar-refractivity contribution in [3.05, 3.63) is 53.0 Å². The lowest BCUT2D eigenvalue weighted by Gasteiger charge is -2.22. The van der Waals surface area contributed by atoms with E-state index in [4.69, 9.17) is 4.42 Å². The largest absolute Gasteiger partial charge is 0.418 e. The van der Waals surface area contributed by atoms with Crippen molar-refractivity contribution in [2.45, 2.75) is 38.6 Å². The van der Waals surface area contributed by atoms with Crippen LogP contribution in [0.1, 0.15) is 42.5 Å². The number of thiazole rings is 1. The van der Waals surface area contributed by atoms with E-state index < -0.39 is 0 Å². The van der Waals surface area contributed by atoms with E-state index in [2.05, 4.69) is 27.3 Å². The van der Waals surface area contributed by atoms with E-state index in [0.29, 0.717) is 18.2 Å². The predicted molar refractivity (Wildman–Crippen MR) is 98.6 cm³/mol. The molecule has 3 heterocycles. The van der Waals surface area contributed by atoms with Crippen molar-refractivity contribution in [1.82, 2.24) is 20.1 Å². The Labute approximate surface area is 155 Å². The first-order chi connectivity index (χ1) is 12.7. The Morgan fingerprint density at radius 2 is 2.15 bits per heavy atom. The highest BCUT2D eigenvalue weighted by Crippen LogP contribution is 2.34. The van der Waals surface area contributed by atoms with Crippen LogP contribution in [0.15, 0.2) is 40.3 Å². The second kappa shape index (κ2) is 7.37. The highest BCUT2D eigenvalue weighted by Gasteiger charge is 2.33. The molecule has 1 amide bonds. The molecule has 4 rings (SSSR count). The normalized spacial score (nSPS) is 17.0. The number of amides is 1. The quantitative estimate of drug-likeness (QED) is 0.685. The van der Waals surface area contributed by atoms with Crippen molar-refractivity contribution in [3.8, 4) is 10.8 Å². The van der Waals surface area contributed by atoms with Crippen LogP contribution in [0.2, 0.25) is 0 Å². The molecule has 1 fully saturated rings. The van der Waals surface area contributed by atoms with Gasteiger partial charge in [0.25, 0.3) is 5.89 Å². The first kappa shape index (κ1) is 16.9. The zero-order chi connectivity index (χ0) is 17.9. The van der Waals surface area contributed by atoms with Crippen molar-refractivity contribution >= 4 is 17.2 Å². The van der Waals surface area contributed by atoms with Crippen molar-refractivity contribution < 1.29 is 9.21 Å². The number of benzene rings is 1. The molecule has 0 radical (unpaired) electrons. The van der Waals surface area contributed by atoms with Gasteiger partial charge in [-0.1, -0.05) is 30.3 Å². The molecular weight excluding hydrogens is 348 g/mol. The lowest BCUT2D eigenvalue weighted by atomic mass is 10.1. The zero-order valence-electron chi connectivity index (χ0n) is 14.6. The number of rotatable bonds is 5. The standard InChI is InChI=1S/C19H20N4O2S/c1-13-17(26-12-20-13)19-22-21-18(25-19)15-8-5-11-23(15)16(24)10-9-14-6-3-2-4-7-14/h2-4,6-7,12,15H,5,8-11H2,1H3/t15-/m0/s1. The van der Waals surface area contributed by atoms with Crippen molar-refractivity contribution in [2.24, 2.45) is 0 Å². The predicted octanol–water partition coefficient (Wildman–Crippen LogP) is 3.80. The minimum atomic E-state index is -0.118. The number of hydrogen-bond acceptors (Lipinski definition) is 6. The van der Waals surface area contributed by atoms with E-state index in [1.165, 1.54) is 16.9 Å². The van der Waals surface area contributed by atoms with E-state index in [9.17, 15) is 4.79 Å². The summed E-state index contributed by atoms with van der Waals surface area (Å²) in [5, 5.41) is 8.38. The van der Waals surface area contributed by atoms with Crippen LogP contribution in [-0.2, 0) is 11.2 Å². The minimum Gasteiger partial charge on any atom is -0.418 e. The second-order valence-electron chi connectivity index (χ2n) is 6.44. The number of aryl methyl sites for hydroxylation is 2. The Hall–Kier alpha value is -2.54. The summed E-state index contributed by atoms with van der Waals surface area (Å²) < 4.78 is 5.89. The first-order valence-corrected chi connectivity index (χ1v) is 9.67. The number of hydrogen-bond donors (Lipinski definition) is 0. The van der Waals surface area contributed by atoms with Gasteiger partial charge in [-0.2, -0.15) is 0 Å². The van der Waals surface area contributed by atoms with Gasteiger partial charge >= 0.3 is 0 Å². The Balaban J connectivity index is 1.46. The van der Waals surface area contributed by atoms with Crippen LogP contribution in [0.3, 0.4) is 0 Å². The summed E-state index contributed by atoms with van der Waals surface area (Å²) in [6.45, 7) is 2.67. The van der Waals surface area contributed by atoms with E-state index in [-0.39, 0.29) is 11.9 Å². The maximum Gasteiger partial charge on any atom is 0.259 e. The third-order valence-electron chi connectivity index (χ3n) is 4.71. The molecule has 1 saturated heterocycles. The fraction of sp³-hybridized carbons (Fsp3) is 0.368. The van der Waals surface area contributed by atoms with Gasteiger partial charge in [0.2, 0.25) is 11.8 Å². The molecule has 0 saturated carbocycles. The van der Waals surface area contributed by atoms with Crippen LogP contribution in [0, 0.1) is 6.92 Å². The molecular formula is C19H20N4O2S. The van der Waals surface area contributed by atoms with Crippen molar-refractivity contribution in [1.29, 1.82) is 0 Å². The van der Waals surface area contributed by atoms with Gasteiger partial charge in [-0.3, -0.25) is 4.79 Å².